The predicted octanol–water partition coefficient (Wildman–Crippen LogP) is 2.80. The van der Waals surface area contributed by atoms with Crippen molar-refractivity contribution in [1.29, 1.82) is 0 Å². The van der Waals surface area contributed by atoms with Crippen molar-refractivity contribution in [3.05, 3.63) is 58.3 Å². The van der Waals surface area contributed by atoms with Gasteiger partial charge in [-0.15, -0.1) is 0 Å². The zero-order valence-electron chi connectivity index (χ0n) is 11.6. The first-order chi connectivity index (χ1) is 9.97. The lowest BCUT2D eigenvalue weighted by atomic mass is 10.1. The van der Waals surface area contributed by atoms with Gasteiger partial charge in [-0.05, 0) is 46.3 Å². The van der Waals surface area contributed by atoms with Gasteiger partial charge in [-0.1, -0.05) is 6.07 Å². The van der Waals surface area contributed by atoms with E-state index in [-0.39, 0.29) is 11.8 Å². The van der Waals surface area contributed by atoms with Crippen molar-refractivity contribution in [3.8, 4) is 0 Å². The van der Waals surface area contributed by atoms with Gasteiger partial charge < -0.3 is 10.2 Å². The highest BCUT2D eigenvalue weighted by Crippen LogP contribution is 2.14. The zero-order chi connectivity index (χ0) is 15.4. The molecule has 0 saturated heterocycles. The van der Waals surface area contributed by atoms with Crippen LogP contribution in [0.5, 0.6) is 0 Å². The van der Waals surface area contributed by atoms with Crippen LogP contribution in [0.25, 0.3) is 0 Å². The summed E-state index contributed by atoms with van der Waals surface area (Å²) in [5.41, 5.74) is 1.58. The third-order valence-electron chi connectivity index (χ3n) is 2.76. The first-order valence-corrected chi connectivity index (χ1v) is 7.01. The van der Waals surface area contributed by atoms with Crippen LogP contribution in [-0.4, -0.2) is 35.8 Å². The molecule has 5 nitrogen and oxygen atoms in total. The van der Waals surface area contributed by atoms with Crippen LogP contribution in [0.4, 0.5) is 5.69 Å². The third-order valence-corrected chi connectivity index (χ3v) is 3.20. The van der Waals surface area contributed by atoms with Crippen LogP contribution in [0.3, 0.4) is 0 Å². The molecule has 1 heterocycles. The van der Waals surface area contributed by atoms with Crippen molar-refractivity contribution in [2.75, 3.05) is 19.4 Å². The fourth-order valence-electron chi connectivity index (χ4n) is 1.74. The van der Waals surface area contributed by atoms with E-state index in [1.54, 1.807) is 56.7 Å². The molecule has 0 aliphatic carbocycles. The van der Waals surface area contributed by atoms with Crippen LogP contribution in [-0.2, 0) is 0 Å². The lowest BCUT2D eigenvalue weighted by molar-refractivity contribution is 0.0827. The van der Waals surface area contributed by atoms with Gasteiger partial charge in [0.05, 0.1) is 0 Å². The Balaban J connectivity index is 2.18. The minimum absolute atomic E-state index is 0.113. The molecule has 2 amide bonds. The van der Waals surface area contributed by atoms with E-state index in [4.69, 9.17) is 0 Å². The molecular weight excluding hydrogens is 334 g/mol. The van der Waals surface area contributed by atoms with Gasteiger partial charge in [0, 0.05) is 37.1 Å². The second kappa shape index (κ2) is 6.49. The van der Waals surface area contributed by atoms with Crippen LogP contribution in [0.15, 0.2) is 47.2 Å². The number of anilines is 1. The molecule has 0 aliphatic heterocycles. The number of benzene rings is 1. The van der Waals surface area contributed by atoms with Crippen LogP contribution >= 0.6 is 15.9 Å². The second-order valence-electron chi connectivity index (χ2n) is 4.60. The van der Waals surface area contributed by atoms with Crippen LogP contribution < -0.4 is 5.32 Å². The molecule has 2 rings (SSSR count). The zero-order valence-corrected chi connectivity index (χ0v) is 13.2. The van der Waals surface area contributed by atoms with Gasteiger partial charge in [-0.2, -0.15) is 0 Å². The van der Waals surface area contributed by atoms with Crippen LogP contribution in [0.2, 0.25) is 0 Å². The van der Waals surface area contributed by atoms with Gasteiger partial charge in [0.1, 0.15) is 4.60 Å². The van der Waals surface area contributed by atoms with E-state index in [0.717, 1.165) is 0 Å². The molecule has 0 fully saturated rings. The highest BCUT2D eigenvalue weighted by atomic mass is 79.9. The number of aromatic nitrogens is 1. The summed E-state index contributed by atoms with van der Waals surface area (Å²) in [5.74, 6) is -0.370. The monoisotopic (exact) mass is 347 g/mol. The summed E-state index contributed by atoms with van der Waals surface area (Å²) in [4.78, 5) is 29.5. The first-order valence-electron chi connectivity index (χ1n) is 6.22. The van der Waals surface area contributed by atoms with E-state index in [9.17, 15) is 9.59 Å². The van der Waals surface area contributed by atoms with Crippen molar-refractivity contribution in [2.45, 2.75) is 0 Å². The highest BCUT2D eigenvalue weighted by Gasteiger charge is 2.10. The fraction of sp³-hybridized carbons (Fsp3) is 0.133. The first kappa shape index (κ1) is 15.2. The topological polar surface area (TPSA) is 62.3 Å². The Kier molecular flexibility index (Phi) is 4.70. The maximum Gasteiger partial charge on any atom is 0.255 e. The van der Waals surface area contributed by atoms with E-state index >= 15 is 0 Å². The number of hydrogen-bond donors (Lipinski definition) is 1. The fourth-order valence-corrected chi connectivity index (χ4v) is 2.10. The quantitative estimate of drug-likeness (QED) is 0.868. The Morgan fingerprint density at radius 3 is 2.57 bits per heavy atom. The Morgan fingerprint density at radius 2 is 1.90 bits per heavy atom. The minimum atomic E-state index is -0.257. The van der Waals surface area contributed by atoms with E-state index in [1.165, 1.54) is 4.90 Å². The maximum atomic E-state index is 12.1. The number of nitrogens with one attached hydrogen (secondary N) is 1. The number of rotatable bonds is 3. The smallest absolute Gasteiger partial charge is 0.255 e. The van der Waals surface area contributed by atoms with Gasteiger partial charge in [-0.3, -0.25) is 9.59 Å². The lowest BCUT2D eigenvalue weighted by Crippen LogP contribution is -2.22. The summed E-state index contributed by atoms with van der Waals surface area (Å²) in [7, 11) is 3.37. The Hall–Kier alpha value is -2.21. The van der Waals surface area contributed by atoms with Crippen molar-refractivity contribution in [2.24, 2.45) is 0 Å². The lowest BCUT2D eigenvalue weighted by Gasteiger charge is -2.11. The van der Waals surface area contributed by atoms with E-state index < -0.39 is 0 Å². The number of hydrogen-bond acceptors (Lipinski definition) is 3. The average molecular weight is 348 g/mol. The summed E-state index contributed by atoms with van der Waals surface area (Å²) in [6.45, 7) is 0. The van der Waals surface area contributed by atoms with Crippen molar-refractivity contribution in [3.63, 3.8) is 0 Å². The number of amides is 2. The van der Waals surface area contributed by atoms with Crippen LogP contribution in [0, 0.1) is 0 Å². The van der Waals surface area contributed by atoms with E-state index in [2.05, 4.69) is 26.2 Å². The summed E-state index contributed by atoms with van der Waals surface area (Å²) >= 11 is 3.22. The number of carbonyl (C=O) groups is 2. The van der Waals surface area contributed by atoms with Gasteiger partial charge in [0.15, 0.2) is 0 Å². The Labute approximate surface area is 131 Å². The summed E-state index contributed by atoms with van der Waals surface area (Å²) in [6.07, 6.45) is 1.55. The number of nitrogens with zero attached hydrogens (tertiary/aromatic N) is 2. The Morgan fingerprint density at radius 1 is 1.14 bits per heavy atom. The molecule has 2 aromatic rings. The van der Waals surface area contributed by atoms with E-state index in [1.807, 2.05) is 0 Å². The number of halogens is 1. The average Bonchev–Trinajstić information content (AvgIpc) is 2.46. The molecule has 0 aliphatic rings. The molecule has 1 N–H and O–H groups in total. The molecule has 21 heavy (non-hydrogen) atoms. The number of pyridine rings is 1. The van der Waals surface area contributed by atoms with Gasteiger partial charge in [0.2, 0.25) is 0 Å². The van der Waals surface area contributed by atoms with Crippen molar-refractivity contribution >= 4 is 33.4 Å². The molecule has 0 radical (unpaired) electrons. The summed E-state index contributed by atoms with van der Waals surface area (Å²) in [6, 6.07) is 10.1. The maximum absolute atomic E-state index is 12.1. The van der Waals surface area contributed by atoms with E-state index in [0.29, 0.717) is 21.4 Å². The highest BCUT2D eigenvalue weighted by molar-refractivity contribution is 9.10. The largest absolute Gasteiger partial charge is 0.345 e. The normalized spacial score (nSPS) is 10.0. The number of carbonyl (C=O) groups excluding carboxylic acids is 2. The Bertz CT molecular complexity index is 686. The van der Waals surface area contributed by atoms with Gasteiger partial charge >= 0.3 is 0 Å². The van der Waals surface area contributed by atoms with Gasteiger partial charge in [0.25, 0.3) is 11.8 Å². The molecule has 0 spiro atoms. The molecular formula is C15H14BrN3O2. The molecule has 1 aromatic carbocycles. The van der Waals surface area contributed by atoms with Crippen molar-refractivity contribution < 1.29 is 9.59 Å². The molecule has 0 bridgehead atoms. The SMILES string of the molecule is CN(C)C(=O)c1cccc(NC(=O)c2ccnc(Br)c2)c1. The van der Waals surface area contributed by atoms with Crippen molar-refractivity contribution in [1.82, 2.24) is 9.88 Å². The molecule has 0 saturated carbocycles. The molecule has 0 unspecified atom stereocenters. The minimum Gasteiger partial charge on any atom is -0.345 e. The summed E-state index contributed by atoms with van der Waals surface area (Å²) in [5, 5.41) is 2.76. The van der Waals surface area contributed by atoms with Crippen LogP contribution in [0.1, 0.15) is 20.7 Å². The third kappa shape index (κ3) is 3.88. The molecule has 0 atom stereocenters. The standard InChI is InChI=1S/C15H14BrN3O2/c1-19(2)15(21)11-4-3-5-12(8-11)18-14(20)10-6-7-17-13(16)9-10/h3-9H,1-2H3,(H,18,20). The molecule has 6 heteroatoms. The predicted molar refractivity (Wildman–Crippen MR) is 84.3 cm³/mol. The molecule has 1 aromatic heterocycles. The second-order valence-corrected chi connectivity index (χ2v) is 5.41. The molecule has 108 valence electrons. The summed E-state index contributed by atoms with van der Waals surface area (Å²) < 4.78 is 0.590. The van der Waals surface area contributed by atoms with Gasteiger partial charge in [-0.25, -0.2) is 4.98 Å².